The van der Waals surface area contributed by atoms with Crippen LogP contribution < -0.4 is 10.6 Å². The van der Waals surface area contributed by atoms with Gasteiger partial charge < -0.3 is 10.6 Å². The van der Waals surface area contributed by atoms with E-state index < -0.39 is 0 Å². The van der Waals surface area contributed by atoms with Crippen LogP contribution in [0.5, 0.6) is 0 Å². The predicted molar refractivity (Wildman–Crippen MR) is 96.3 cm³/mol. The van der Waals surface area contributed by atoms with Crippen LogP contribution in [0.3, 0.4) is 0 Å². The first-order chi connectivity index (χ1) is 11.6. The number of nitrogens with one attached hydrogen (secondary N) is 2. The van der Waals surface area contributed by atoms with Crippen LogP contribution in [0.1, 0.15) is 24.2 Å². The van der Waals surface area contributed by atoms with Crippen LogP contribution >= 0.6 is 11.8 Å². The molecule has 5 nitrogen and oxygen atoms in total. The number of hydrogen-bond donors (Lipinski definition) is 2. The van der Waals surface area contributed by atoms with Crippen LogP contribution in [0.4, 0.5) is 5.69 Å². The third-order valence-electron chi connectivity index (χ3n) is 4.00. The first kappa shape index (κ1) is 16.9. The van der Waals surface area contributed by atoms with Gasteiger partial charge in [0.1, 0.15) is 0 Å². The Hall–Kier alpha value is -1.92. The van der Waals surface area contributed by atoms with E-state index >= 15 is 0 Å². The zero-order valence-electron chi connectivity index (χ0n) is 14.0. The third kappa shape index (κ3) is 4.55. The zero-order chi connectivity index (χ0) is 16.9. The molecule has 0 bridgehead atoms. The van der Waals surface area contributed by atoms with E-state index in [1.165, 1.54) is 11.8 Å². The Morgan fingerprint density at radius 3 is 2.38 bits per heavy atom. The van der Waals surface area contributed by atoms with Gasteiger partial charge in [0.05, 0.1) is 0 Å². The monoisotopic (exact) mass is 342 g/mol. The first-order valence-corrected chi connectivity index (χ1v) is 9.03. The summed E-state index contributed by atoms with van der Waals surface area (Å²) in [6.45, 7) is 5.78. The lowest BCUT2D eigenvalue weighted by atomic mass is 9.97. The molecule has 1 saturated heterocycles. The molecule has 1 amide bonds. The van der Waals surface area contributed by atoms with Crippen LogP contribution in [-0.4, -0.2) is 29.0 Å². The molecule has 1 aliphatic heterocycles. The minimum absolute atomic E-state index is 0.115. The van der Waals surface area contributed by atoms with E-state index in [1.54, 1.807) is 0 Å². The van der Waals surface area contributed by atoms with Crippen LogP contribution in [-0.2, 0) is 4.79 Å². The summed E-state index contributed by atoms with van der Waals surface area (Å²) >= 11 is 1.53. The summed E-state index contributed by atoms with van der Waals surface area (Å²) in [5.74, 6) is 0.235. The SMILES string of the molecule is Cc1cc(C)nc(Sc2ccc(NC(=O)C3CCNCC3)cc2)n1. The smallest absolute Gasteiger partial charge is 0.227 e. The van der Waals surface area contributed by atoms with Crippen molar-refractivity contribution in [3.05, 3.63) is 41.7 Å². The molecule has 1 aliphatic rings. The number of aryl methyl sites for hydroxylation is 2. The molecule has 0 atom stereocenters. The number of benzene rings is 1. The summed E-state index contributed by atoms with van der Waals surface area (Å²) in [7, 11) is 0. The van der Waals surface area contributed by atoms with E-state index in [0.717, 1.165) is 53.1 Å². The van der Waals surface area contributed by atoms with E-state index in [9.17, 15) is 4.79 Å². The Morgan fingerprint density at radius 2 is 1.75 bits per heavy atom. The number of piperidine rings is 1. The molecule has 0 radical (unpaired) electrons. The molecule has 0 spiro atoms. The van der Waals surface area contributed by atoms with Gasteiger partial charge in [-0.05, 0) is 81.9 Å². The minimum atomic E-state index is 0.115. The number of aromatic nitrogens is 2. The number of carbonyl (C=O) groups excluding carboxylic acids is 1. The molecule has 1 aromatic carbocycles. The summed E-state index contributed by atoms with van der Waals surface area (Å²) in [5, 5.41) is 7.04. The maximum atomic E-state index is 12.3. The van der Waals surface area contributed by atoms with E-state index in [0.29, 0.717) is 0 Å². The second-order valence-electron chi connectivity index (χ2n) is 6.07. The first-order valence-electron chi connectivity index (χ1n) is 8.22. The Balaban J connectivity index is 1.61. The standard InChI is InChI=1S/C18H22N4OS/c1-12-11-13(2)21-18(20-12)24-16-5-3-15(4-6-16)22-17(23)14-7-9-19-10-8-14/h3-6,11,14,19H,7-10H2,1-2H3,(H,22,23). The highest BCUT2D eigenvalue weighted by molar-refractivity contribution is 7.99. The molecule has 0 aliphatic carbocycles. The lowest BCUT2D eigenvalue weighted by Crippen LogP contribution is -2.34. The highest BCUT2D eigenvalue weighted by Crippen LogP contribution is 2.26. The summed E-state index contributed by atoms with van der Waals surface area (Å²) < 4.78 is 0. The van der Waals surface area contributed by atoms with Gasteiger partial charge in [-0.1, -0.05) is 0 Å². The summed E-state index contributed by atoms with van der Waals surface area (Å²) in [4.78, 5) is 22.2. The average molecular weight is 342 g/mol. The number of anilines is 1. The second kappa shape index (κ2) is 7.77. The van der Waals surface area contributed by atoms with Crippen molar-refractivity contribution in [1.82, 2.24) is 15.3 Å². The number of amides is 1. The highest BCUT2D eigenvalue weighted by atomic mass is 32.2. The molecule has 24 heavy (non-hydrogen) atoms. The Labute approximate surface area is 146 Å². The van der Waals surface area contributed by atoms with Gasteiger partial charge in [-0.15, -0.1) is 0 Å². The zero-order valence-corrected chi connectivity index (χ0v) is 14.8. The molecule has 6 heteroatoms. The molecular weight excluding hydrogens is 320 g/mol. The van der Waals surface area contributed by atoms with Crippen molar-refractivity contribution >= 4 is 23.4 Å². The van der Waals surface area contributed by atoms with Crippen LogP contribution in [0, 0.1) is 19.8 Å². The minimum Gasteiger partial charge on any atom is -0.326 e. The van der Waals surface area contributed by atoms with E-state index in [-0.39, 0.29) is 11.8 Å². The summed E-state index contributed by atoms with van der Waals surface area (Å²) in [6, 6.07) is 9.81. The Bertz CT molecular complexity index is 691. The third-order valence-corrected chi connectivity index (χ3v) is 4.88. The topological polar surface area (TPSA) is 66.9 Å². The van der Waals surface area contributed by atoms with Gasteiger partial charge in [-0.3, -0.25) is 4.79 Å². The molecular formula is C18H22N4OS. The summed E-state index contributed by atoms with van der Waals surface area (Å²) in [5.41, 5.74) is 2.77. The van der Waals surface area contributed by atoms with Gasteiger partial charge in [0.2, 0.25) is 5.91 Å². The molecule has 0 unspecified atom stereocenters. The molecule has 2 heterocycles. The van der Waals surface area contributed by atoms with Crippen molar-refractivity contribution in [1.29, 1.82) is 0 Å². The van der Waals surface area contributed by atoms with Crippen molar-refractivity contribution in [2.75, 3.05) is 18.4 Å². The second-order valence-corrected chi connectivity index (χ2v) is 7.11. The lowest BCUT2D eigenvalue weighted by Gasteiger charge is -2.21. The number of hydrogen-bond acceptors (Lipinski definition) is 5. The van der Waals surface area contributed by atoms with E-state index in [4.69, 9.17) is 0 Å². The van der Waals surface area contributed by atoms with Gasteiger partial charge in [0, 0.05) is 27.9 Å². The molecule has 1 aromatic heterocycles. The van der Waals surface area contributed by atoms with E-state index in [1.807, 2.05) is 44.2 Å². The Morgan fingerprint density at radius 1 is 1.12 bits per heavy atom. The van der Waals surface area contributed by atoms with Gasteiger partial charge in [0.15, 0.2) is 5.16 Å². The lowest BCUT2D eigenvalue weighted by molar-refractivity contribution is -0.120. The van der Waals surface area contributed by atoms with E-state index in [2.05, 4.69) is 20.6 Å². The van der Waals surface area contributed by atoms with Crippen LogP contribution in [0.2, 0.25) is 0 Å². The predicted octanol–water partition coefficient (Wildman–Crippen LogP) is 3.18. The number of carbonyl (C=O) groups is 1. The highest BCUT2D eigenvalue weighted by Gasteiger charge is 2.20. The maximum absolute atomic E-state index is 12.3. The van der Waals surface area contributed by atoms with Crippen molar-refractivity contribution in [3.63, 3.8) is 0 Å². The molecule has 0 saturated carbocycles. The van der Waals surface area contributed by atoms with Crippen molar-refractivity contribution < 1.29 is 4.79 Å². The normalized spacial score (nSPS) is 15.2. The van der Waals surface area contributed by atoms with Crippen molar-refractivity contribution in [3.8, 4) is 0 Å². The van der Waals surface area contributed by atoms with Crippen LogP contribution in [0.15, 0.2) is 40.4 Å². The van der Waals surface area contributed by atoms with Gasteiger partial charge in [-0.25, -0.2) is 9.97 Å². The van der Waals surface area contributed by atoms with Gasteiger partial charge in [0.25, 0.3) is 0 Å². The molecule has 2 N–H and O–H groups in total. The quantitative estimate of drug-likeness (QED) is 0.836. The maximum Gasteiger partial charge on any atom is 0.227 e. The van der Waals surface area contributed by atoms with Gasteiger partial charge in [-0.2, -0.15) is 0 Å². The number of rotatable bonds is 4. The Kier molecular flexibility index (Phi) is 5.48. The fraction of sp³-hybridized carbons (Fsp3) is 0.389. The van der Waals surface area contributed by atoms with Gasteiger partial charge >= 0.3 is 0 Å². The average Bonchev–Trinajstić information content (AvgIpc) is 2.56. The number of nitrogens with zero attached hydrogens (tertiary/aromatic N) is 2. The molecule has 126 valence electrons. The fourth-order valence-corrected chi connectivity index (χ4v) is 3.64. The molecule has 3 rings (SSSR count). The summed E-state index contributed by atoms with van der Waals surface area (Å²) in [6.07, 6.45) is 1.81. The molecule has 1 fully saturated rings. The van der Waals surface area contributed by atoms with Crippen LogP contribution in [0.25, 0.3) is 0 Å². The van der Waals surface area contributed by atoms with Crippen molar-refractivity contribution in [2.45, 2.75) is 36.7 Å². The largest absolute Gasteiger partial charge is 0.326 e. The van der Waals surface area contributed by atoms with Crippen molar-refractivity contribution in [2.24, 2.45) is 5.92 Å². The molecule has 2 aromatic rings. The fourth-order valence-electron chi connectivity index (χ4n) is 2.78.